The summed E-state index contributed by atoms with van der Waals surface area (Å²) in [5, 5.41) is 0. The number of carbonyl (C=O) groups excluding carboxylic acids is 3. The zero-order valence-electron chi connectivity index (χ0n) is 17.7. The third-order valence-corrected chi connectivity index (χ3v) is 7.81. The van der Waals surface area contributed by atoms with E-state index >= 15 is 0 Å². The van der Waals surface area contributed by atoms with Gasteiger partial charge in [-0.25, -0.2) is 13.2 Å². The van der Waals surface area contributed by atoms with Crippen LogP contribution in [0.2, 0.25) is 0 Å². The third kappa shape index (κ3) is 4.18. The Labute approximate surface area is 186 Å². The van der Waals surface area contributed by atoms with Crippen molar-refractivity contribution in [2.75, 3.05) is 26.2 Å². The van der Waals surface area contributed by atoms with Gasteiger partial charge < -0.3 is 4.74 Å². The van der Waals surface area contributed by atoms with E-state index in [1.54, 1.807) is 24.3 Å². The summed E-state index contributed by atoms with van der Waals surface area (Å²) in [6.07, 6.45) is 1.66. The highest BCUT2D eigenvalue weighted by atomic mass is 32.2. The molecule has 0 spiro atoms. The van der Waals surface area contributed by atoms with Crippen LogP contribution in [0.25, 0.3) is 0 Å². The molecule has 4 rings (SSSR count). The number of ether oxygens (including phenoxy) is 1. The maximum atomic E-state index is 12.8. The highest BCUT2D eigenvalue weighted by Crippen LogP contribution is 2.24. The van der Waals surface area contributed by atoms with Gasteiger partial charge in [-0.2, -0.15) is 4.31 Å². The van der Waals surface area contributed by atoms with Crippen LogP contribution in [-0.2, 0) is 14.8 Å². The van der Waals surface area contributed by atoms with Gasteiger partial charge in [-0.15, -0.1) is 0 Å². The predicted octanol–water partition coefficient (Wildman–Crippen LogP) is 2.56. The van der Waals surface area contributed by atoms with Crippen molar-refractivity contribution in [3.8, 4) is 0 Å². The van der Waals surface area contributed by atoms with Gasteiger partial charge in [-0.05, 0) is 55.2 Å². The number of rotatable bonds is 6. The quantitative estimate of drug-likeness (QED) is 0.489. The van der Waals surface area contributed by atoms with Crippen molar-refractivity contribution in [2.24, 2.45) is 5.92 Å². The summed E-state index contributed by atoms with van der Waals surface area (Å²) in [5.74, 6) is -0.970. The molecule has 0 aliphatic carbocycles. The van der Waals surface area contributed by atoms with Crippen LogP contribution in [0.4, 0.5) is 0 Å². The number of amides is 2. The van der Waals surface area contributed by atoms with Crippen LogP contribution in [0, 0.1) is 5.92 Å². The molecule has 0 atom stereocenters. The molecular formula is C23H24N2O6S. The fourth-order valence-electron chi connectivity index (χ4n) is 3.89. The molecule has 0 N–H and O–H groups in total. The van der Waals surface area contributed by atoms with E-state index in [1.807, 2.05) is 0 Å². The number of fused-ring (bicyclic) bond motifs is 1. The van der Waals surface area contributed by atoms with Crippen LogP contribution in [0.1, 0.15) is 50.8 Å². The normalized spacial score (nSPS) is 17.5. The molecule has 2 aliphatic heterocycles. The molecule has 0 aromatic heterocycles. The molecule has 2 aliphatic rings. The van der Waals surface area contributed by atoms with Crippen molar-refractivity contribution in [1.82, 2.24) is 9.21 Å². The van der Waals surface area contributed by atoms with E-state index in [0.717, 1.165) is 17.7 Å². The Kier molecular flexibility index (Phi) is 6.12. The van der Waals surface area contributed by atoms with Crippen LogP contribution in [0.15, 0.2) is 53.4 Å². The van der Waals surface area contributed by atoms with E-state index in [0.29, 0.717) is 30.1 Å². The van der Waals surface area contributed by atoms with Crippen molar-refractivity contribution in [3.63, 3.8) is 0 Å². The molecular weight excluding hydrogens is 432 g/mol. The number of piperidine rings is 1. The second kappa shape index (κ2) is 8.84. The van der Waals surface area contributed by atoms with E-state index in [-0.39, 0.29) is 23.6 Å². The lowest BCUT2D eigenvalue weighted by Crippen LogP contribution is -2.37. The van der Waals surface area contributed by atoms with Gasteiger partial charge in [0.2, 0.25) is 10.0 Å². The molecule has 1 saturated heterocycles. The summed E-state index contributed by atoms with van der Waals surface area (Å²) >= 11 is 0. The molecule has 8 nitrogen and oxygen atoms in total. The number of nitrogens with zero attached hydrogens (tertiary/aromatic N) is 2. The number of benzene rings is 2. The molecule has 168 valence electrons. The van der Waals surface area contributed by atoms with Crippen LogP contribution in [0.5, 0.6) is 0 Å². The lowest BCUT2D eigenvalue weighted by molar-refractivity contribution is 0.0420. The summed E-state index contributed by atoms with van der Waals surface area (Å²) in [6.45, 7) is 2.88. The first-order valence-corrected chi connectivity index (χ1v) is 12.0. The van der Waals surface area contributed by atoms with Gasteiger partial charge in [0.1, 0.15) is 6.61 Å². The average molecular weight is 457 g/mol. The van der Waals surface area contributed by atoms with Gasteiger partial charge in [-0.3, -0.25) is 14.5 Å². The molecule has 32 heavy (non-hydrogen) atoms. The second-order valence-corrected chi connectivity index (χ2v) is 9.99. The lowest BCUT2D eigenvalue weighted by Gasteiger charge is -2.29. The minimum Gasteiger partial charge on any atom is -0.460 e. The Morgan fingerprint density at radius 3 is 2.09 bits per heavy atom. The summed E-state index contributed by atoms with van der Waals surface area (Å²) in [7, 11) is -3.59. The first kappa shape index (κ1) is 22.2. The maximum absolute atomic E-state index is 12.8. The molecule has 0 saturated carbocycles. The Morgan fingerprint density at radius 2 is 1.53 bits per heavy atom. The Bertz CT molecular complexity index is 1120. The molecule has 2 aromatic rings. The fourth-order valence-corrected chi connectivity index (χ4v) is 5.36. The fraction of sp³-hybridized carbons (Fsp3) is 0.348. The number of hydrogen-bond acceptors (Lipinski definition) is 6. The average Bonchev–Trinajstić information content (AvgIpc) is 3.04. The van der Waals surface area contributed by atoms with Crippen molar-refractivity contribution in [2.45, 2.75) is 24.7 Å². The molecule has 9 heteroatoms. The van der Waals surface area contributed by atoms with E-state index in [4.69, 9.17) is 4.74 Å². The van der Waals surface area contributed by atoms with Crippen LogP contribution >= 0.6 is 0 Å². The predicted molar refractivity (Wildman–Crippen MR) is 116 cm³/mol. The van der Waals surface area contributed by atoms with Gasteiger partial charge in [0.05, 0.1) is 28.1 Å². The van der Waals surface area contributed by atoms with E-state index in [9.17, 15) is 22.8 Å². The molecule has 0 unspecified atom stereocenters. The topological polar surface area (TPSA) is 101 Å². The zero-order valence-corrected chi connectivity index (χ0v) is 18.5. The highest BCUT2D eigenvalue weighted by molar-refractivity contribution is 7.89. The van der Waals surface area contributed by atoms with Gasteiger partial charge in [0.25, 0.3) is 11.8 Å². The summed E-state index contributed by atoms with van der Waals surface area (Å²) in [6, 6.07) is 12.1. The van der Waals surface area contributed by atoms with Crippen molar-refractivity contribution in [3.05, 3.63) is 65.2 Å². The monoisotopic (exact) mass is 456 g/mol. The molecule has 0 radical (unpaired) electrons. The Balaban J connectivity index is 1.34. The first-order valence-electron chi connectivity index (χ1n) is 10.5. The lowest BCUT2D eigenvalue weighted by atomic mass is 10.0. The van der Waals surface area contributed by atoms with Crippen LogP contribution in [0.3, 0.4) is 0 Å². The second-order valence-electron chi connectivity index (χ2n) is 8.05. The minimum atomic E-state index is -3.59. The van der Waals surface area contributed by atoms with Gasteiger partial charge >= 0.3 is 5.97 Å². The summed E-state index contributed by atoms with van der Waals surface area (Å²) < 4.78 is 32.2. The number of imide groups is 1. The molecule has 1 fully saturated rings. The number of sulfonamides is 1. The van der Waals surface area contributed by atoms with Gasteiger partial charge in [0, 0.05) is 13.1 Å². The Morgan fingerprint density at radius 1 is 0.969 bits per heavy atom. The Hall–Kier alpha value is -3.04. The first-order chi connectivity index (χ1) is 15.3. The number of carbonyl (C=O) groups is 3. The van der Waals surface area contributed by atoms with Crippen LogP contribution in [-0.4, -0.2) is 61.6 Å². The standard InChI is InChI=1S/C23H24N2O6S/c1-16-10-12-24(13-11-16)32(29,30)18-8-6-17(7-9-18)23(28)31-15-14-25-21(26)19-4-2-3-5-20(19)22(25)27/h2-9,16H,10-15H2,1H3. The van der Waals surface area contributed by atoms with Gasteiger partial charge in [-0.1, -0.05) is 19.1 Å². The SMILES string of the molecule is CC1CCN(S(=O)(=O)c2ccc(C(=O)OCCN3C(=O)c4ccccc4C3=O)cc2)CC1. The van der Waals surface area contributed by atoms with E-state index in [1.165, 1.54) is 28.6 Å². The third-order valence-electron chi connectivity index (χ3n) is 5.90. The smallest absolute Gasteiger partial charge is 0.338 e. The van der Waals surface area contributed by atoms with Crippen LogP contribution < -0.4 is 0 Å². The summed E-state index contributed by atoms with van der Waals surface area (Å²) in [4.78, 5) is 38.2. The van der Waals surface area contributed by atoms with Gasteiger partial charge in [0.15, 0.2) is 0 Å². The van der Waals surface area contributed by atoms with Crippen molar-refractivity contribution >= 4 is 27.8 Å². The van der Waals surface area contributed by atoms with E-state index in [2.05, 4.69) is 6.92 Å². The zero-order chi connectivity index (χ0) is 22.9. The molecule has 2 aromatic carbocycles. The summed E-state index contributed by atoms with van der Waals surface area (Å²) in [5.41, 5.74) is 0.867. The van der Waals surface area contributed by atoms with E-state index < -0.39 is 27.8 Å². The van der Waals surface area contributed by atoms with Crippen molar-refractivity contribution < 1.29 is 27.5 Å². The largest absolute Gasteiger partial charge is 0.460 e. The molecule has 2 heterocycles. The number of hydrogen-bond donors (Lipinski definition) is 0. The molecule has 0 bridgehead atoms. The maximum Gasteiger partial charge on any atom is 0.338 e. The highest BCUT2D eigenvalue weighted by Gasteiger charge is 2.35. The minimum absolute atomic E-state index is 0.0576. The number of esters is 1. The molecule has 2 amide bonds. The van der Waals surface area contributed by atoms with Crippen molar-refractivity contribution in [1.29, 1.82) is 0 Å².